The lowest BCUT2D eigenvalue weighted by atomic mass is 9.93. The van der Waals surface area contributed by atoms with Crippen molar-refractivity contribution in [1.29, 1.82) is 5.41 Å². The zero-order chi connectivity index (χ0) is 24.9. The van der Waals surface area contributed by atoms with Crippen molar-refractivity contribution in [3.8, 4) is 0 Å². The van der Waals surface area contributed by atoms with Gasteiger partial charge in [0.05, 0.1) is 17.6 Å². The number of anilines is 1. The Bertz CT molecular complexity index is 1120. The van der Waals surface area contributed by atoms with Crippen LogP contribution < -0.4 is 10.6 Å². The number of amides is 1. The zero-order valence-corrected chi connectivity index (χ0v) is 18.3. The number of halogens is 4. The van der Waals surface area contributed by atoms with Crippen LogP contribution in [0.5, 0.6) is 0 Å². The number of alkyl halides is 3. The monoisotopic (exact) mass is 477 g/mol. The molecule has 1 saturated carbocycles. The Morgan fingerprint density at radius 3 is 2.50 bits per heavy atom. The number of hydrogen-bond donors (Lipinski definition) is 3. The molecule has 0 radical (unpaired) electrons. The van der Waals surface area contributed by atoms with Gasteiger partial charge in [-0.05, 0) is 42.7 Å². The van der Waals surface area contributed by atoms with Crippen LogP contribution in [0.4, 0.5) is 23.2 Å². The smallest absolute Gasteiger partial charge is 0.388 e. The number of carbonyl (C=O) groups excluding carboxylic acids is 2. The van der Waals surface area contributed by atoms with Gasteiger partial charge in [-0.25, -0.2) is 4.39 Å². The van der Waals surface area contributed by atoms with Crippen molar-refractivity contribution >= 4 is 29.7 Å². The second-order valence-electron chi connectivity index (χ2n) is 7.84. The minimum absolute atomic E-state index is 0.0959. The molecule has 1 aliphatic carbocycles. The summed E-state index contributed by atoms with van der Waals surface area (Å²) in [6, 6.07) is 6.68. The molecule has 0 aromatic heterocycles. The normalized spacial score (nSPS) is 14.9. The molecule has 0 unspecified atom stereocenters. The van der Waals surface area contributed by atoms with Crippen LogP contribution in [-0.4, -0.2) is 38.7 Å². The van der Waals surface area contributed by atoms with Gasteiger partial charge in [0.2, 0.25) is 5.91 Å². The Labute approximate surface area is 193 Å². The molecule has 0 spiro atoms. The van der Waals surface area contributed by atoms with Crippen LogP contribution in [0.15, 0.2) is 42.6 Å². The summed E-state index contributed by atoms with van der Waals surface area (Å²) < 4.78 is 58.0. The number of nitrogens with one attached hydrogen (secondary N) is 3. The minimum Gasteiger partial charge on any atom is -0.388 e. The molecule has 0 bridgehead atoms. The average Bonchev–Trinajstić information content (AvgIpc) is 3.61. The van der Waals surface area contributed by atoms with E-state index >= 15 is 0 Å². The first kappa shape index (κ1) is 25.1. The topological polar surface area (TPSA) is 91.3 Å². The number of methoxy groups -OCH3 is 1. The molecule has 0 saturated heterocycles. The van der Waals surface area contributed by atoms with Crippen molar-refractivity contribution in [2.75, 3.05) is 25.6 Å². The lowest BCUT2D eigenvalue weighted by Gasteiger charge is -2.18. The van der Waals surface area contributed by atoms with Crippen molar-refractivity contribution in [1.82, 2.24) is 5.32 Å². The van der Waals surface area contributed by atoms with E-state index in [2.05, 4.69) is 10.6 Å². The Kier molecular flexibility index (Phi) is 7.51. The molecule has 10 heteroatoms. The fourth-order valence-corrected chi connectivity index (χ4v) is 3.62. The maximum Gasteiger partial charge on any atom is 0.416 e. The number of allylic oxidation sites excluding steroid dienone is 1. The van der Waals surface area contributed by atoms with Gasteiger partial charge in [-0.3, -0.25) is 9.59 Å². The summed E-state index contributed by atoms with van der Waals surface area (Å²) in [7, 11) is 1.55. The lowest BCUT2D eigenvalue weighted by Crippen LogP contribution is -2.29. The van der Waals surface area contributed by atoms with Crippen LogP contribution in [0.25, 0.3) is 5.57 Å². The third-order valence-corrected chi connectivity index (χ3v) is 5.61. The van der Waals surface area contributed by atoms with Gasteiger partial charge < -0.3 is 20.8 Å². The summed E-state index contributed by atoms with van der Waals surface area (Å²) in [5.74, 6) is -1.66. The van der Waals surface area contributed by atoms with E-state index in [4.69, 9.17) is 10.1 Å². The number of benzene rings is 2. The van der Waals surface area contributed by atoms with E-state index in [-0.39, 0.29) is 29.7 Å². The molecule has 1 fully saturated rings. The van der Waals surface area contributed by atoms with Crippen LogP contribution in [0.2, 0.25) is 0 Å². The molecular formula is C24H23F4N3O3. The fourth-order valence-electron chi connectivity index (χ4n) is 3.62. The predicted octanol–water partition coefficient (Wildman–Crippen LogP) is 4.55. The van der Waals surface area contributed by atoms with Gasteiger partial charge in [0.1, 0.15) is 5.82 Å². The number of hydrogen-bond acceptors (Lipinski definition) is 5. The first-order chi connectivity index (χ1) is 16.2. The first-order valence-electron chi connectivity index (χ1n) is 10.4. The zero-order valence-electron chi connectivity index (χ0n) is 18.3. The van der Waals surface area contributed by atoms with E-state index in [1.807, 2.05) is 0 Å². The Morgan fingerprint density at radius 2 is 1.94 bits per heavy atom. The van der Waals surface area contributed by atoms with Crippen molar-refractivity contribution in [2.45, 2.75) is 24.4 Å². The highest BCUT2D eigenvalue weighted by atomic mass is 19.4. The van der Waals surface area contributed by atoms with Crippen LogP contribution in [0, 0.1) is 11.2 Å². The average molecular weight is 477 g/mol. The molecule has 1 aliphatic rings. The van der Waals surface area contributed by atoms with Crippen LogP contribution in [0.3, 0.4) is 0 Å². The minimum atomic E-state index is -4.69. The third kappa shape index (κ3) is 5.33. The molecule has 2 aromatic carbocycles. The standard InChI is InChI=1S/C24H23F4N3O3/c1-34-9-8-30-13-16(12-29)19-4-3-18(10-15(19)14-32)31-22(33)23(6-7-23)20-5-2-17(11-21(20)25)24(26,27)28/h2-5,10-14,29-30H,6-9H2,1H3,(H,31,33)/b16-13+,29-12?. The van der Waals surface area contributed by atoms with E-state index in [0.717, 1.165) is 18.3 Å². The molecule has 180 valence electrons. The summed E-state index contributed by atoms with van der Waals surface area (Å²) in [5, 5.41) is 13.2. The molecule has 3 rings (SSSR count). The number of ether oxygens (including phenoxy) is 1. The van der Waals surface area contributed by atoms with Gasteiger partial charge in [-0.1, -0.05) is 12.1 Å². The van der Waals surface area contributed by atoms with Gasteiger partial charge in [0, 0.05) is 48.5 Å². The maximum atomic E-state index is 14.5. The van der Waals surface area contributed by atoms with Crippen molar-refractivity contribution in [3.63, 3.8) is 0 Å². The summed E-state index contributed by atoms with van der Waals surface area (Å²) in [5.41, 5.74) is -1.11. The van der Waals surface area contributed by atoms with E-state index in [0.29, 0.717) is 36.6 Å². The SMILES string of the molecule is COCCN/C=C(\C=N)c1ccc(NC(=O)C2(c3ccc(C(F)(F)F)cc3F)CC2)cc1C=O. The van der Waals surface area contributed by atoms with Gasteiger partial charge in [0.25, 0.3) is 0 Å². The van der Waals surface area contributed by atoms with Gasteiger partial charge in [-0.2, -0.15) is 13.2 Å². The molecule has 0 atom stereocenters. The van der Waals surface area contributed by atoms with Gasteiger partial charge >= 0.3 is 6.18 Å². The molecule has 3 N–H and O–H groups in total. The van der Waals surface area contributed by atoms with E-state index in [1.165, 1.54) is 12.1 Å². The quantitative estimate of drug-likeness (QED) is 0.203. The van der Waals surface area contributed by atoms with E-state index in [1.54, 1.807) is 19.4 Å². The Morgan fingerprint density at radius 1 is 1.21 bits per heavy atom. The molecule has 0 aliphatic heterocycles. The largest absolute Gasteiger partial charge is 0.416 e. The van der Waals surface area contributed by atoms with E-state index < -0.39 is 28.9 Å². The molecule has 1 amide bonds. The van der Waals surface area contributed by atoms with Gasteiger partial charge in [-0.15, -0.1) is 0 Å². The summed E-state index contributed by atoms with van der Waals surface area (Å²) >= 11 is 0. The molecular weight excluding hydrogens is 454 g/mol. The molecule has 2 aromatic rings. The van der Waals surface area contributed by atoms with Crippen LogP contribution >= 0.6 is 0 Å². The van der Waals surface area contributed by atoms with E-state index in [9.17, 15) is 27.2 Å². The van der Waals surface area contributed by atoms with Crippen molar-refractivity contribution < 1.29 is 31.9 Å². The number of carbonyl (C=O) groups is 2. The second kappa shape index (κ2) is 10.2. The van der Waals surface area contributed by atoms with Crippen molar-refractivity contribution in [3.05, 3.63) is 70.7 Å². The molecule has 0 heterocycles. The van der Waals surface area contributed by atoms with Crippen molar-refractivity contribution in [2.24, 2.45) is 0 Å². The Balaban J connectivity index is 1.81. The molecule has 6 nitrogen and oxygen atoms in total. The summed E-state index contributed by atoms with van der Waals surface area (Å²) in [4.78, 5) is 24.6. The first-order valence-corrected chi connectivity index (χ1v) is 10.4. The predicted molar refractivity (Wildman–Crippen MR) is 119 cm³/mol. The fraction of sp³-hybridized carbons (Fsp3) is 0.292. The highest BCUT2D eigenvalue weighted by Gasteiger charge is 2.53. The lowest BCUT2D eigenvalue weighted by molar-refractivity contribution is -0.137. The number of rotatable bonds is 10. The van der Waals surface area contributed by atoms with Crippen LogP contribution in [0.1, 0.15) is 39.9 Å². The van der Waals surface area contributed by atoms with Crippen LogP contribution in [-0.2, 0) is 21.1 Å². The highest BCUT2D eigenvalue weighted by Crippen LogP contribution is 2.50. The number of aldehydes is 1. The van der Waals surface area contributed by atoms with Gasteiger partial charge in [0.15, 0.2) is 6.29 Å². The Hall–Kier alpha value is -3.53. The third-order valence-electron chi connectivity index (χ3n) is 5.61. The molecule has 34 heavy (non-hydrogen) atoms. The maximum absolute atomic E-state index is 14.5. The summed E-state index contributed by atoms with van der Waals surface area (Å²) in [6.45, 7) is 0.954. The highest BCUT2D eigenvalue weighted by molar-refractivity contribution is 6.11. The summed E-state index contributed by atoms with van der Waals surface area (Å²) in [6.07, 6.45) is -0.887. The second-order valence-corrected chi connectivity index (χ2v) is 7.84.